The van der Waals surface area contributed by atoms with E-state index in [1.807, 2.05) is 6.07 Å². The zero-order chi connectivity index (χ0) is 19.6. The number of nitrogen functional groups attached to an aromatic ring is 1. The van der Waals surface area contributed by atoms with E-state index in [0.29, 0.717) is 31.9 Å². The molecule has 1 aromatic heterocycles. The Bertz CT molecular complexity index is 1060. The first-order valence-electron chi connectivity index (χ1n) is 8.90. The molecule has 1 aliphatic heterocycles. The van der Waals surface area contributed by atoms with Crippen LogP contribution in [0, 0.1) is 0 Å². The van der Waals surface area contributed by atoms with Gasteiger partial charge in [0.25, 0.3) is 0 Å². The van der Waals surface area contributed by atoms with Crippen molar-refractivity contribution in [2.75, 3.05) is 36.9 Å². The van der Waals surface area contributed by atoms with E-state index in [4.69, 9.17) is 10.5 Å². The van der Waals surface area contributed by atoms with Crippen LogP contribution < -0.4 is 10.6 Å². The molecule has 0 spiro atoms. The zero-order valence-corrected chi connectivity index (χ0v) is 16.0. The number of hydrogen-bond acceptors (Lipinski definition) is 7. The molecule has 1 aliphatic rings. The minimum atomic E-state index is -3.66. The van der Waals surface area contributed by atoms with Crippen LogP contribution in [0.4, 0.5) is 11.6 Å². The highest BCUT2D eigenvalue weighted by atomic mass is 32.2. The van der Waals surface area contributed by atoms with Crippen molar-refractivity contribution in [3.63, 3.8) is 0 Å². The molecule has 2 N–H and O–H groups in total. The number of aromatic nitrogens is 2. The number of ether oxygens (including phenoxy) is 1. The Morgan fingerprint density at radius 2 is 1.57 bits per heavy atom. The van der Waals surface area contributed by atoms with Gasteiger partial charge in [-0.2, -0.15) is 0 Å². The number of morpholine rings is 1. The van der Waals surface area contributed by atoms with Crippen LogP contribution in [0.2, 0.25) is 0 Å². The fourth-order valence-corrected chi connectivity index (χ4v) is 4.48. The molecule has 8 heteroatoms. The monoisotopic (exact) mass is 396 g/mol. The topological polar surface area (TPSA) is 98.4 Å². The summed E-state index contributed by atoms with van der Waals surface area (Å²) in [6.45, 7) is 2.62. The van der Waals surface area contributed by atoms with E-state index in [9.17, 15) is 8.42 Å². The van der Waals surface area contributed by atoms with E-state index in [1.165, 1.54) is 0 Å². The summed E-state index contributed by atoms with van der Waals surface area (Å²) in [5.41, 5.74) is 7.84. The maximum absolute atomic E-state index is 13.2. The van der Waals surface area contributed by atoms with Gasteiger partial charge < -0.3 is 15.4 Å². The van der Waals surface area contributed by atoms with Gasteiger partial charge in [-0.25, -0.2) is 18.4 Å². The predicted molar refractivity (Wildman–Crippen MR) is 107 cm³/mol. The third-order valence-corrected chi connectivity index (χ3v) is 6.39. The average Bonchev–Trinajstić information content (AvgIpc) is 2.75. The number of sulfone groups is 1. The van der Waals surface area contributed by atoms with E-state index in [0.717, 1.165) is 11.3 Å². The van der Waals surface area contributed by atoms with Gasteiger partial charge in [-0.05, 0) is 35.9 Å². The molecule has 1 fully saturated rings. The van der Waals surface area contributed by atoms with E-state index < -0.39 is 9.84 Å². The molecule has 0 bridgehead atoms. The molecule has 0 unspecified atom stereocenters. The molecule has 0 aliphatic carbocycles. The highest BCUT2D eigenvalue weighted by Gasteiger charge is 2.21. The van der Waals surface area contributed by atoms with Crippen LogP contribution >= 0.6 is 0 Å². The molecule has 4 rings (SSSR count). The fourth-order valence-electron chi connectivity index (χ4n) is 3.13. The summed E-state index contributed by atoms with van der Waals surface area (Å²) in [5.74, 6) is 0.171. The first-order valence-corrected chi connectivity index (χ1v) is 10.4. The smallest absolute Gasteiger partial charge is 0.219 e. The van der Waals surface area contributed by atoms with Crippen LogP contribution in [0.3, 0.4) is 0 Å². The van der Waals surface area contributed by atoms with Gasteiger partial charge in [0, 0.05) is 36.7 Å². The molecule has 2 aromatic carbocycles. The number of nitrogens with zero attached hydrogens (tertiary/aromatic N) is 3. The van der Waals surface area contributed by atoms with Crippen molar-refractivity contribution in [1.82, 2.24) is 9.97 Å². The molecule has 28 heavy (non-hydrogen) atoms. The summed E-state index contributed by atoms with van der Waals surface area (Å²) in [5, 5.41) is 0. The lowest BCUT2D eigenvalue weighted by Gasteiger charge is -2.29. The highest BCUT2D eigenvalue weighted by Crippen LogP contribution is 2.31. The van der Waals surface area contributed by atoms with E-state index >= 15 is 0 Å². The van der Waals surface area contributed by atoms with Crippen molar-refractivity contribution < 1.29 is 13.2 Å². The normalized spacial score (nSPS) is 14.8. The summed E-state index contributed by atoms with van der Waals surface area (Å²) in [7, 11) is -3.66. The van der Waals surface area contributed by atoms with Crippen molar-refractivity contribution in [1.29, 1.82) is 0 Å². The van der Waals surface area contributed by atoms with Gasteiger partial charge in [0.2, 0.25) is 15.8 Å². The fraction of sp³-hybridized carbons (Fsp3) is 0.200. The van der Waals surface area contributed by atoms with E-state index in [2.05, 4.69) is 14.9 Å². The Labute approximate surface area is 163 Å². The maximum Gasteiger partial charge on any atom is 0.219 e. The van der Waals surface area contributed by atoms with Crippen LogP contribution in [0.15, 0.2) is 70.7 Å². The minimum Gasteiger partial charge on any atom is -0.378 e. The molecule has 0 saturated carbocycles. The second-order valence-corrected chi connectivity index (χ2v) is 8.41. The van der Waals surface area contributed by atoms with Crippen molar-refractivity contribution in [2.45, 2.75) is 9.79 Å². The van der Waals surface area contributed by atoms with Crippen LogP contribution in [0.5, 0.6) is 0 Å². The molecule has 7 nitrogen and oxygen atoms in total. The predicted octanol–water partition coefficient (Wildman–Crippen LogP) is 2.40. The second kappa shape index (κ2) is 7.57. The summed E-state index contributed by atoms with van der Waals surface area (Å²) >= 11 is 0. The summed E-state index contributed by atoms with van der Waals surface area (Å²) in [6, 6.07) is 13.7. The number of benzene rings is 2. The third-order valence-electron chi connectivity index (χ3n) is 4.64. The van der Waals surface area contributed by atoms with Crippen molar-refractivity contribution >= 4 is 21.5 Å². The molecule has 0 atom stereocenters. The SMILES string of the molecule is Nc1ncc(-c2cc(N3CCOCC3)cc(S(=O)(=O)c3ccccc3)c2)cn1. The van der Waals surface area contributed by atoms with Crippen LogP contribution in [-0.2, 0) is 14.6 Å². The van der Waals surface area contributed by atoms with E-state index in [1.54, 1.807) is 54.9 Å². The van der Waals surface area contributed by atoms with Gasteiger partial charge in [0.15, 0.2) is 0 Å². The van der Waals surface area contributed by atoms with Gasteiger partial charge in [0.05, 0.1) is 23.0 Å². The van der Waals surface area contributed by atoms with Crippen molar-refractivity contribution in [3.05, 3.63) is 60.9 Å². The summed E-state index contributed by atoms with van der Waals surface area (Å²) < 4.78 is 31.8. The van der Waals surface area contributed by atoms with Crippen LogP contribution in [0.1, 0.15) is 0 Å². The standard InChI is InChI=1S/C20H20N4O3S/c21-20-22-13-16(14-23-20)15-10-17(24-6-8-27-9-7-24)12-19(11-15)28(25,26)18-4-2-1-3-5-18/h1-5,10-14H,6-9H2,(H2,21,22,23). The molecule has 0 radical (unpaired) electrons. The molecule has 144 valence electrons. The van der Waals surface area contributed by atoms with Gasteiger partial charge in [-0.15, -0.1) is 0 Å². The molecule has 1 saturated heterocycles. The Balaban J connectivity index is 1.85. The Morgan fingerprint density at radius 3 is 2.25 bits per heavy atom. The quantitative estimate of drug-likeness (QED) is 0.723. The number of nitrogens with two attached hydrogens (primary N) is 1. The van der Waals surface area contributed by atoms with Gasteiger partial charge in [-0.1, -0.05) is 18.2 Å². The van der Waals surface area contributed by atoms with Gasteiger partial charge in [-0.3, -0.25) is 0 Å². The van der Waals surface area contributed by atoms with Crippen LogP contribution in [0.25, 0.3) is 11.1 Å². The maximum atomic E-state index is 13.2. The van der Waals surface area contributed by atoms with Gasteiger partial charge >= 0.3 is 0 Å². The first kappa shape index (κ1) is 18.4. The Kier molecular flexibility index (Phi) is 4.97. The molecule has 3 aromatic rings. The highest BCUT2D eigenvalue weighted by molar-refractivity contribution is 7.91. The molecule has 0 amide bonds. The molecular formula is C20H20N4O3S. The third kappa shape index (κ3) is 3.69. The number of hydrogen-bond donors (Lipinski definition) is 1. The Hall–Kier alpha value is -2.97. The second-order valence-electron chi connectivity index (χ2n) is 6.46. The first-order chi connectivity index (χ1) is 13.5. The number of rotatable bonds is 4. The van der Waals surface area contributed by atoms with Crippen molar-refractivity contribution in [2.24, 2.45) is 0 Å². The summed E-state index contributed by atoms with van der Waals surface area (Å²) in [4.78, 5) is 10.7. The van der Waals surface area contributed by atoms with Crippen LogP contribution in [-0.4, -0.2) is 44.7 Å². The Morgan fingerprint density at radius 1 is 0.893 bits per heavy atom. The average molecular weight is 396 g/mol. The van der Waals surface area contributed by atoms with E-state index in [-0.39, 0.29) is 15.7 Å². The minimum absolute atomic E-state index is 0.171. The lowest BCUT2D eigenvalue weighted by atomic mass is 10.1. The summed E-state index contributed by atoms with van der Waals surface area (Å²) in [6.07, 6.45) is 3.19. The van der Waals surface area contributed by atoms with Crippen molar-refractivity contribution in [3.8, 4) is 11.1 Å². The van der Waals surface area contributed by atoms with Gasteiger partial charge in [0.1, 0.15) is 0 Å². The lowest BCUT2D eigenvalue weighted by Crippen LogP contribution is -2.36. The largest absolute Gasteiger partial charge is 0.378 e. The zero-order valence-electron chi connectivity index (χ0n) is 15.2. The lowest BCUT2D eigenvalue weighted by molar-refractivity contribution is 0.122. The molecular weight excluding hydrogens is 376 g/mol. The molecule has 2 heterocycles. The number of anilines is 2.